The van der Waals surface area contributed by atoms with Crippen molar-refractivity contribution in [3.63, 3.8) is 0 Å². The predicted molar refractivity (Wildman–Crippen MR) is 278 cm³/mol. The second-order valence-corrected chi connectivity index (χ2v) is 16.8. The first kappa shape index (κ1) is 39.6. The van der Waals surface area contributed by atoms with E-state index in [4.69, 9.17) is 15.0 Å². The number of benzene rings is 10. The Kier molecular flexibility index (Phi) is 10.2. The van der Waals surface area contributed by atoms with Gasteiger partial charge in [-0.3, -0.25) is 0 Å². The van der Waals surface area contributed by atoms with Crippen molar-refractivity contribution in [1.82, 2.24) is 19.5 Å². The molecule has 4 heteroatoms. The van der Waals surface area contributed by atoms with Crippen molar-refractivity contribution in [1.29, 1.82) is 0 Å². The highest BCUT2D eigenvalue weighted by atomic mass is 15.0. The lowest BCUT2D eigenvalue weighted by Gasteiger charge is -2.14. The lowest BCUT2D eigenvalue weighted by atomic mass is 9.95. The molecule has 0 bridgehead atoms. The Morgan fingerprint density at radius 3 is 1.21 bits per heavy atom. The van der Waals surface area contributed by atoms with E-state index in [1.165, 1.54) is 16.7 Å². The normalized spacial score (nSPS) is 11.3. The van der Waals surface area contributed by atoms with Gasteiger partial charge in [0.15, 0.2) is 17.5 Å². The van der Waals surface area contributed by atoms with Gasteiger partial charge in [0, 0.05) is 33.2 Å². The van der Waals surface area contributed by atoms with Crippen LogP contribution in [0.25, 0.3) is 117 Å². The zero-order chi connectivity index (χ0) is 44.5. The van der Waals surface area contributed by atoms with E-state index in [0.29, 0.717) is 17.5 Å². The third kappa shape index (κ3) is 7.67. The zero-order valence-electron chi connectivity index (χ0n) is 36.5. The minimum Gasteiger partial charge on any atom is -0.309 e. The topological polar surface area (TPSA) is 43.6 Å². The molecule has 0 saturated carbocycles. The van der Waals surface area contributed by atoms with Gasteiger partial charge in [0.2, 0.25) is 0 Å². The van der Waals surface area contributed by atoms with Crippen LogP contribution in [0.4, 0.5) is 0 Å². The summed E-state index contributed by atoms with van der Waals surface area (Å²) in [5, 5.41) is 2.33. The van der Waals surface area contributed by atoms with Gasteiger partial charge in [0.1, 0.15) is 0 Å². The van der Waals surface area contributed by atoms with Gasteiger partial charge in [0.05, 0.1) is 11.0 Å². The minimum absolute atomic E-state index is 0.600. The van der Waals surface area contributed by atoms with Crippen molar-refractivity contribution in [2.75, 3.05) is 0 Å². The molecular weight excluding hydrogens is 813 g/mol. The second-order valence-electron chi connectivity index (χ2n) is 16.8. The molecule has 0 radical (unpaired) electrons. The van der Waals surface area contributed by atoms with E-state index in [1.54, 1.807) is 0 Å². The largest absolute Gasteiger partial charge is 0.309 e. The maximum Gasteiger partial charge on any atom is 0.164 e. The smallest absolute Gasteiger partial charge is 0.164 e. The molecule has 0 aliphatic carbocycles. The maximum atomic E-state index is 5.31. The Morgan fingerprint density at radius 1 is 0.239 bits per heavy atom. The van der Waals surface area contributed by atoms with E-state index in [-0.39, 0.29) is 0 Å². The van der Waals surface area contributed by atoms with Gasteiger partial charge in [0.25, 0.3) is 0 Å². The molecule has 0 saturated heterocycles. The Hall–Kier alpha value is -8.99. The first-order valence-corrected chi connectivity index (χ1v) is 22.7. The highest BCUT2D eigenvalue weighted by Crippen LogP contribution is 2.43. The summed E-state index contributed by atoms with van der Waals surface area (Å²) in [6.07, 6.45) is 0. The van der Waals surface area contributed by atoms with E-state index in [0.717, 1.165) is 83.1 Å². The van der Waals surface area contributed by atoms with Crippen LogP contribution in [0.5, 0.6) is 0 Å². The molecule has 0 atom stereocenters. The molecule has 2 aromatic heterocycles. The lowest BCUT2D eigenvalue weighted by Crippen LogP contribution is -2.01. The molecule has 2 heterocycles. The maximum absolute atomic E-state index is 5.31. The van der Waals surface area contributed by atoms with Gasteiger partial charge >= 0.3 is 0 Å². The number of rotatable bonds is 9. The first-order valence-electron chi connectivity index (χ1n) is 22.7. The summed E-state index contributed by atoms with van der Waals surface area (Å²) in [5.41, 5.74) is 17.5. The average Bonchev–Trinajstić information content (AvgIpc) is 3.75. The highest BCUT2D eigenvalue weighted by Gasteiger charge is 2.22. The van der Waals surface area contributed by atoms with E-state index in [9.17, 15) is 0 Å². The standard InChI is InChI=1S/C63H42N4/c1-6-18-43(19-7-1)46-32-34-49(35-33-46)62-64-61(48-26-14-5-15-27-48)65-63(66-62)54-41-56(47-24-12-4-13-25-47)60-57-40-53(45-22-10-3-11-23-45)36-37-58(57)67(59(60)42-54)55-31-17-30-52(39-55)51-29-16-28-50(38-51)44-20-8-2-9-21-44/h1-42H. The van der Waals surface area contributed by atoms with Gasteiger partial charge < -0.3 is 4.57 Å². The van der Waals surface area contributed by atoms with Gasteiger partial charge in [-0.25, -0.2) is 15.0 Å². The monoisotopic (exact) mass is 854 g/mol. The molecule has 10 aromatic carbocycles. The molecule has 4 nitrogen and oxygen atoms in total. The van der Waals surface area contributed by atoms with Crippen LogP contribution in [-0.2, 0) is 0 Å². The summed E-state index contributed by atoms with van der Waals surface area (Å²) in [4.78, 5) is 15.7. The second kappa shape index (κ2) is 17.2. The quantitative estimate of drug-likeness (QED) is 0.145. The lowest BCUT2D eigenvalue weighted by molar-refractivity contribution is 1.07. The van der Waals surface area contributed by atoms with Crippen molar-refractivity contribution in [2.24, 2.45) is 0 Å². The van der Waals surface area contributed by atoms with E-state index in [1.807, 2.05) is 24.3 Å². The van der Waals surface area contributed by atoms with Crippen LogP contribution in [0.2, 0.25) is 0 Å². The molecule has 314 valence electrons. The van der Waals surface area contributed by atoms with Gasteiger partial charge in [-0.15, -0.1) is 0 Å². The van der Waals surface area contributed by atoms with Crippen molar-refractivity contribution >= 4 is 21.8 Å². The fraction of sp³-hybridized carbons (Fsp3) is 0. The van der Waals surface area contributed by atoms with Gasteiger partial charge in [-0.2, -0.15) is 0 Å². The Morgan fingerprint density at radius 2 is 0.627 bits per heavy atom. The van der Waals surface area contributed by atoms with Crippen molar-refractivity contribution < 1.29 is 0 Å². The molecule has 12 aromatic rings. The molecule has 0 aliphatic heterocycles. The number of aromatic nitrogens is 4. The zero-order valence-corrected chi connectivity index (χ0v) is 36.5. The van der Waals surface area contributed by atoms with Crippen molar-refractivity contribution in [3.8, 4) is 95.5 Å². The van der Waals surface area contributed by atoms with Gasteiger partial charge in [-0.1, -0.05) is 212 Å². The Labute approximate surface area is 389 Å². The fourth-order valence-corrected chi connectivity index (χ4v) is 9.34. The summed E-state index contributed by atoms with van der Waals surface area (Å²) in [6.45, 7) is 0. The molecule has 67 heavy (non-hydrogen) atoms. The SMILES string of the molecule is c1ccc(-c2ccc(-c3nc(-c4ccccc4)nc(-c4cc(-c5ccccc5)c5c6cc(-c7ccccc7)ccc6n(-c6cccc(-c7cccc(-c8ccccc8)c7)c6)c5c4)n3)cc2)cc1. The molecular formula is C63H42N4. The molecule has 0 amide bonds. The predicted octanol–water partition coefficient (Wildman–Crippen LogP) is 16.3. The number of hydrogen-bond donors (Lipinski definition) is 0. The number of fused-ring (bicyclic) bond motifs is 3. The third-order valence-electron chi connectivity index (χ3n) is 12.6. The van der Waals surface area contributed by atoms with Crippen LogP contribution >= 0.6 is 0 Å². The molecule has 0 fully saturated rings. The molecule has 0 aliphatic rings. The minimum atomic E-state index is 0.600. The molecule has 0 N–H and O–H groups in total. The Balaban J connectivity index is 1.10. The molecule has 0 spiro atoms. The number of nitrogens with zero attached hydrogens (tertiary/aromatic N) is 4. The summed E-state index contributed by atoms with van der Waals surface area (Å²) >= 11 is 0. The van der Waals surface area contributed by atoms with Crippen LogP contribution < -0.4 is 0 Å². The molecule has 12 rings (SSSR count). The Bertz CT molecular complexity index is 3700. The molecule has 0 unspecified atom stereocenters. The van der Waals surface area contributed by atoms with E-state index >= 15 is 0 Å². The van der Waals surface area contributed by atoms with Crippen LogP contribution in [0.1, 0.15) is 0 Å². The van der Waals surface area contributed by atoms with Crippen molar-refractivity contribution in [3.05, 3.63) is 255 Å². The number of hydrogen-bond acceptors (Lipinski definition) is 3. The highest BCUT2D eigenvalue weighted by molar-refractivity contribution is 6.17. The van der Waals surface area contributed by atoms with Crippen LogP contribution in [-0.4, -0.2) is 19.5 Å². The van der Waals surface area contributed by atoms with E-state index in [2.05, 4.69) is 235 Å². The van der Waals surface area contributed by atoms with E-state index < -0.39 is 0 Å². The van der Waals surface area contributed by atoms with Crippen LogP contribution in [0.3, 0.4) is 0 Å². The summed E-state index contributed by atoms with van der Waals surface area (Å²) in [5.74, 6) is 1.83. The van der Waals surface area contributed by atoms with Crippen molar-refractivity contribution in [2.45, 2.75) is 0 Å². The average molecular weight is 855 g/mol. The van der Waals surface area contributed by atoms with Gasteiger partial charge in [-0.05, 0) is 98.1 Å². The summed E-state index contributed by atoms with van der Waals surface area (Å²) in [6, 6.07) is 90.2. The first-order chi connectivity index (χ1) is 33.2. The summed E-state index contributed by atoms with van der Waals surface area (Å²) < 4.78 is 2.42. The van der Waals surface area contributed by atoms with Crippen LogP contribution in [0.15, 0.2) is 255 Å². The van der Waals surface area contributed by atoms with Crippen LogP contribution in [0, 0.1) is 0 Å². The summed E-state index contributed by atoms with van der Waals surface area (Å²) in [7, 11) is 0. The fourth-order valence-electron chi connectivity index (χ4n) is 9.34. The third-order valence-corrected chi connectivity index (χ3v) is 12.6.